The third-order valence-corrected chi connectivity index (χ3v) is 3.42. The second kappa shape index (κ2) is 4.05. The number of urea groups is 1. The summed E-state index contributed by atoms with van der Waals surface area (Å²) in [4.78, 5) is 25.2. The highest BCUT2D eigenvalue weighted by atomic mass is 16.2. The Bertz CT molecular complexity index is 308. The van der Waals surface area contributed by atoms with Crippen molar-refractivity contribution in [3.05, 3.63) is 0 Å². The summed E-state index contributed by atoms with van der Waals surface area (Å²) in [6, 6.07) is -0.447. The van der Waals surface area contributed by atoms with Crippen molar-refractivity contribution in [2.75, 3.05) is 6.54 Å². The van der Waals surface area contributed by atoms with E-state index in [1.54, 1.807) is 6.92 Å². The Morgan fingerprint density at radius 2 is 2.00 bits per heavy atom. The molecular weight excluding hydrogens is 206 g/mol. The van der Waals surface area contributed by atoms with Gasteiger partial charge in [-0.3, -0.25) is 9.69 Å². The van der Waals surface area contributed by atoms with Crippen molar-refractivity contribution in [3.63, 3.8) is 0 Å². The predicted octanol–water partition coefficient (Wildman–Crippen LogP) is 0.588. The molecular formula is C11H19N3O2. The largest absolute Gasteiger partial charge is 0.326 e. The topological polar surface area (TPSA) is 75.4 Å². The summed E-state index contributed by atoms with van der Waals surface area (Å²) in [7, 11) is 0. The summed E-state index contributed by atoms with van der Waals surface area (Å²) in [6.07, 6.45) is 4.72. The summed E-state index contributed by atoms with van der Waals surface area (Å²) < 4.78 is 0. The quantitative estimate of drug-likeness (QED) is 0.675. The second-order valence-electron chi connectivity index (χ2n) is 4.97. The van der Waals surface area contributed by atoms with Crippen LogP contribution in [0, 0.1) is 0 Å². The number of nitrogens with zero attached hydrogens (tertiary/aromatic N) is 1. The van der Waals surface area contributed by atoms with E-state index in [4.69, 9.17) is 5.73 Å². The van der Waals surface area contributed by atoms with Crippen LogP contribution in [0.15, 0.2) is 0 Å². The lowest BCUT2D eigenvalue weighted by atomic mass is 9.82. The first-order valence-corrected chi connectivity index (χ1v) is 5.95. The Hall–Kier alpha value is -1.10. The Morgan fingerprint density at radius 3 is 2.56 bits per heavy atom. The monoisotopic (exact) mass is 225 g/mol. The molecule has 0 aromatic rings. The molecule has 0 bridgehead atoms. The van der Waals surface area contributed by atoms with Gasteiger partial charge in [0.2, 0.25) is 0 Å². The van der Waals surface area contributed by atoms with Gasteiger partial charge >= 0.3 is 6.03 Å². The summed E-state index contributed by atoms with van der Waals surface area (Å²) >= 11 is 0. The van der Waals surface area contributed by atoms with Gasteiger partial charge < -0.3 is 11.1 Å². The number of hydrogen-bond donors (Lipinski definition) is 2. The second-order valence-corrected chi connectivity index (χ2v) is 4.97. The number of carbonyl (C=O) groups is 2. The molecule has 2 rings (SSSR count). The highest BCUT2D eigenvalue weighted by Gasteiger charge is 2.51. The molecule has 1 saturated heterocycles. The van der Waals surface area contributed by atoms with Crippen LogP contribution >= 0.6 is 0 Å². The Kier molecular flexibility index (Phi) is 2.88. The molecule has 0 aromatic carbocycles. The molecule has 5 heteroatoms. The lowest BCUT2D eigenvalue weighted by Crippen LogP contribution is -2.48. The molecule has 0 radical (unpaired) electrons. The first-order chi connectivity index (χ1) is 7.55. The fourth-order valence-electron chi connectivity index (χ4n) is 2.62. The zero-order valence-corrected chi connectivity index (χ0v) is 9.66. The molecule has 1 aliphatic heterocycles. The minimum Gasteiger partial charge on any atom is -0.326 e. The smallest absolute Gasteiger partial charge is 0.325 e. The van der Waals surface area contributed by atoms with Crippen molar-refractivity contribution < 1.29 is 9.59 Å². The van der Waals surface area contributed by atoms with Crippen LogP contribution in [0.25, 0.3) is 0 Å². The summed E-state index contributed by atoms with van der Waals surface area (Å²) in [5.74, 6) is -0.0745. The molecule has 16 heavy (non-hydrogen) atoms. The molecule has 2 fully saturated rings. The number of rotatable bonds is 2. The van der Waals surface area contributed by atoms with Gasteiger partial charge in [-0.25, -0.2) is 4.79 Å². The lowest BCUT2D eigenvalue weighted by molar-refractivity contribution is -0.132. The third kappa shape index (κ3) is 1.80. The van der Waals surface area contributed by atoms with E-state index in [0.29, 0.717) is 6.54 Å². The van der Waals surface area contributed by atoms with Crippen molar-refractivity contribution >= 4 is 11.9 Å². The Morgan fingerprint density at radius 1 is 1.38 bits per heavy atom. The number of nitrogens with one attached hydrogen (secondary N) is 1. The molecule has 1 unspecified atom stereocenters. The maximum atomic E-state index is 12.2. The van der Waals surface area contributed by atoms with Gasteiger partial charge in [-0.1, -0.05) is 19.3 Å². The van der Waals surface area contributed by atoms with Crippen molar-refractivity contribution in [2.45, 2.75) is 50.6 Å². The number of amides is 3. The molecule has 1 heterocycles. The molecule has 1 saturated carbocycles. The maximum Gasteiger partial charge on any atom is 0.325 e. The molecule has 0 aromatic heterocycles. The molecule has 1 spiro atoms. The molecule has 1 atom stereocenters. The van der Waals surface area contributed by atoms with Crippen LogP contribution in [-0.2, 0) is 4.79 Å². The van der Waals surface area contributed by atoms with Crippen LogP contribution in [0.5, 0.6) is 0 Å². The summed E-state index contributed by atoms with van der Waals surface area (Å²) in [5.41, 5.74) is 5.03. The van der Waals surface area contributed by atoms with Crippen LogP contribution in [0.1, 0.15) is 39.0 Å². The number of nitrogens with two attached hydrogens (primary N) is 1. The highest BCUT2D eigenvalue weighted by molar-refractivity contribution is 6.07. The third-order valence-electron chi connectivity index (χ3n) is 3.42. The van der Waals surface area contributed by atoms with Gasteiger partial charge in [0.25, 0.3) is 5.91 Å². The standard InChI is InChI=1S/C11H19N3O2/c1-8(12)7-14-9(15)11(13-10(14)16)5-3-2-4-6-11/h8H,2-7,12H2,1H3,(H,13,16). The molecule has 3 amide bonds. The fraction of sp³-hybridized carbons (Fsp3) is 0.818. The first kappa shape index (κ1) is 11.4. The SMILES string of the molecule is CC(N)CN1C(=O)NC2(CCCCC2)C1=O. The van der Waals surface area contributed by atoms with Crippen LogP contribution in [0.3, 0.4) is 0 Å². The van der Waals surface area contributed by atoms with Crippen molar-refractivity contribution in [1.82, 2.24) is 10.2 Å². The zero-order chi connectivity index (χ0) is 11.8. The van der Waals surface area contributed by atoms with Crippen molar-refractivity contribution in [1.29, 1.82) is 0 Å². The van der Waals surface area contributed by atoms with Gasteiger partial charge in [0.05, 0.1) is 0 Å². The van der Waals surface area contributed by atoms with Gasteiger partial charge in [0.15, 0.2) is 0 Å². The first-order valence-electron chi connectivity index (χ1n) is 5.95. The van der Waals surface area contributed by atoms with E-state index in [-0.39, 0.29) is 18.0 Å². The van der Waals surface area contributed by atoms with E-state index < -0.39 is 5.54 Å². The van der Waals surface area contributed by atoms with Gasteiger partial charge in [0, 0.05) is 12.6 Å². The van der Waals surface area contributed by atoms with Crippen LogP contribution < -0.4 is 11.1 Å². The summed E-state index contributed by atoms with van der Waals surface area (Å²) in [6.45, 7) is 2.11. The van der Waals surface area contributed by atoms with E-state index >= 15 is 0 Å². The van der Waals surface area contributed by atoms with Crippen LogP contribution in [0.2, 0.25) is 0 Å². The Balaban J connectivity index is 2.14. The molecule has 90 valence electrons. The van der Waals surface area contributed by atoms with Gasteiger partial charge in [-0.15, -0.1) is 0 Å². The number of imide groups is 1. The average Bonchev–Trinajstić information content (AvgIpc) is 2.44. The van der Waals surface area contributed by atoms with Crippen molar-refractivity contribution in [3.8, 4) is 0 Å². The normalized spacial score (nSPS) is 26.0. The lowest BCUT2D eigenvalue weighted by Gasteiger charge is -2.30. The number of carbonyl (C=O) groups excluding carboxylic acids is 2. The van der Waals surface area contributed by atoms with E-state index in [0.717, 1.165) is 32.1 Å². The molecule has 2 aliphatic rings. The van der Waals surface area contributed by atoms with E-state index in [1.165, 1.54) is 4.90 Å². The van der Waals surface area contributed by atoms with E-state index in [1.807, 2.05) is 0 Å². The minimum atomic E-state index is -0.607. The average molecular weight is 225 g/mol. The number of hydrogen-bond acceptors (Lipinski definition) is 3. The summed E-state index contributed by atoms with van der Waals surface area (Å²) in [5, 5.41) is 2.86. The van der Waals surface area contributed by atoms with Crippen molar-refractivity contribution in [2.24, 2.45) is 5.73 Å². The van der Waals surface area contributed by atoms with E-state index in [9.17, 15) is 9.59 Å². The van der Waals surface area contributed by atoms with Crippen LogP contribution in [0.4, 0.5) is 4.79 Å². The molecule has 1 aliphatic carbocycles. The van der Waals surface area contributed by atoms with Gasteiger partial charge in [-0.05, 0) is 19.8 Å². The maximum absolute atomic E-state index is 12.2. The Labute approximate surface area is 95.3 Å². The van der Waals surface area contributed by atoms with E-state index in [2.05, 4.69) is 5.32 Å². The minimum absolute atomic E-state index is 0.0745. The van der Waals surface area contributed by atoms with Gasteiger partial charge in [-0.2, -0.15) is 0 Å². The molecule has 5 nitrogen and oxygen atoms in total. The molecule has 3 N–H and O–H groups in total. The van der Waals surface area contributed by atoms with Gasteiger partial charge in [0.1, 0.15) is 5.54 Å². The zero-order valence-electron chi connectivity index (χ0n) is 9.66. The fourth-order valence-corrected chi connectivity index (χ4v) is 2.62. The highest BCUT2D eigenvalue weighted by Crippen LogP contribution is 2.33. The predicted molar refractivity (Wildman–Crippen MR) is 59.7 cm³/mol. The van der Waals surface area contributed by atoms with Crippen LogP contribution in [-0.4, -0.2) is 35.0 Å².